The van der Waals surface area contributed by atoms with Crippen LogP contribution in [0.25, 0.3) is 11.4 Å². The van der Waals surface area contributed by atoms with Gasteiger partial charge in [0.2, 0.25) is 5.88 Å². The average molecular weight is 522 g/mol. The molecule has 0 saturated carbocycles. The molecule has 0 saturated heterocycles. The van der Waals surface area contributed by atoms with E-state index in [9.17, 15) is 14.7 Å². The zero-order valence-electron chi connectivity index (χ0n) is 19.5. The van der Waals surface area contributed by atoms with E-state index in [-0.39, 0.29) is 5.56 Å². The highest BCUT2D eigenvalue weighted by Gasteiger charge is 2.17. The van der Waals surface area contributed by atoms with Crippen LogP contribution < -0.4 is 11.2 Å². The molecule has 0 aliphatic heterocycles. The molecule has 0 unspecified atom stereocenters. The van der Waals surface area contributed by atoms with E-state index in [1.54, 1.807) is 22.9 Å². The summed E-state index contributed by atoms with van der Waals surface area (Å²) < 4.78 is 3.70. The van der Waals surface area contributed by atoms with Gasteiger partial charge in [-0.3, -0.25) is 14.8 Å². The fraction of sp³-hybridized carbons (Fsp3) is 0.200. The van der Waals surface area contributed by atoms with Gasteiger partial charge < -0.3 is 5.11 Å². The van der Waals surface area contributed by atoms with E-state index < -0.39 is 17.1 Å². The Morgan fingerprint density at radius 2 is 1.65 bits per heavy atom. The minimum atomic E-state index is -0.740. The van der Waals surface area contributed by atoms with Crippen molar-refractivity contribution in [3.63, 3.8) is 0 Å². The third-order valence-corrected chi connectivity index (χ3v) is 6.72. The maximum absolute atomic E-state index is 12.5. The van der Waals surface area contributed by atoms with Crippen LogP contribution in [-0.2, 0) is 0 Å². The normalized spacial score (nSPS) is 11.5. The Kier molecular flexibility index (Phi) is 6.14. The second kappa shape index (κ2) is 8.90. The van der Waals surface area contributed by atoms with Gasteiger partial charge in [0.05, 0.1) is 22.8 Å². The minimum absolute atomic E-state index is 0.127. The van der Waals surface area contributed by atoms with Gasteiger partial charge in [-0.05, 0) is 81.6 Å². The van der Waals surface area contributed by atoms with Crippen LogP contribution in [-0.4, -0.2) is 30.7 Å². The summed E-state index contributed by atoms with van der Waals surface area (Å²) in [6, 6.07) is 11.2. The van der Waals surface area contributed by atoms with Crippen LogP contribution in [0.5, 0.6) is 5.88 Å². The maximum atomic E-state index is 12.5. The third-order valence-electron chi connectivity index (χ3n) is 5.83. The van der Waals surface area contributed by atoms with Crippen molar-refractivity contribution in [1.29, 1.82) is 0 Å². The van der Waals surface area contributed by atoms with Crippen LogP contribution in [0, 0.1) is 34.6 Å². The molecule has 0 radical (unpaired) electrons. The molecule has 0 spiro atoms. The lowest BCUT2D eigenvalue weighted by molar-refractivity contribution is 0.430. The molecule has 0 atom stereocenters. The number of halogens is 1. The first-order valence-electron chi connectivity index (χ1n) is 10.6. The summed E-state index contributed by atoms with van der Waals surface area (Å²) in [5, 5.41) is 15.4. The van der Waals surface area contributed by atoms with Crippen LogP contribution in [0.2, 0.25) is 0 Å². The number of H-pyrrole nitrogens is 1. The molecule has 8 nitrogen and oxygen atoms in total. The topological polar surface area (TPSA) is 105 Å². The largest absolute Gasteiger partial charge is 0.493 e. The molecular formula is C25H24BrN5O3. The van der Waals surface area contributed by atoms with Crippen molar-refractivity contribution >= 4 is 27.8 Å². The average Bonchev–Trinajstić information content (AvgIpc) is 3.06. The van der Waals surface area contributed by atoms with Gasteiger partial charge >= 0.3 is 5.69 Å². The van der Waals surface area contributed by atoms with E-state index in [1.807, 2.05) is 39.8 Å². The van der Waals surface area contributed by atoms with E-state index in [0.717, 1.165) is 31.5 Å². The van der Waals surface area contributed by atoms with E-state index in [0.29, 0.717) is 17.1 Å². The van der Waals surface area contributed by atoms with Gasteiger partial charge in [0.1, 0.15) is 11.3 Å². The van der Waals surface area contributed by atoms with Crippen LogP contribution in [0.1, 0.15) is 33.6 Å². The molecule has 2 aromatic heterocycles. The van der Waals surface area contributed by atoms with Gasteiger partial charge in [-0.2, -0.15) is 5.10 Å². The summed E-state index contributed by atoms with van der Waals surface area (Å²) in [5.41, 5.74) is 4.97. The lowest BCUT2D eigenvalue weighted by Gasteiger charge is -2.11. The first kappa shape index (κ1) is 23.4. The number of aliphatic imine (C=N–C) groups is 1. The molecule has 0 bridgehead atoms. The predicted molar refractivity (Wildman–Crippen MR) is 137 cm³/mol. The second-order valence-electron chi connectivity index (χ2n) is 8.22. The smallest absolute Gasteiger partial charge is 0.335 e. The van der Waals surface area contributed by atoms with Gasteiger partial charge in [-0.15, -0.1) is 0 Å². The molecule has 9 heteroatoms. The number of hydrogen-bond acceptors (Lipinski definition) is 5. The molecule has 34 heavy (non-hydrogen) atoms. The molecule has 0 aliphatic rings. The van der Waals surface area contributed by atoms with Crippen molar-refractivity contribution in [2.45, 2.75) is 34.6 Å². The summed E-state index contributed by atoms with van der Waals surface area (Å²) in [6.07, 6.45) is 1.26. The molecule has 2 aromatic carbocycles. The highest BCUT2D eigenvalue weighted by atomic mass is 79.9. The minimum Gasteiger partial charge on any atom is -0.493 e. The predicted octanol–water partition coefficient (Wildman–Crippen LogP) is 4.47. The van der Waals surface area contributed by atoms with E-state index in [4.69, 9.17) is 0 Å². The van der Waals surface area contributed by atoms with E-state index >= 15 is 0 Å². The lowest BCUT2D eigenvalue weighted by atomic mass is 10.1. The van der Waals surface area contributed by atoms with Gasteiger partial charge in [-0.25, -0.2) is 14.0 Å². The Balaban J connectivity index is 1.80. The third kappa shape index (κ3) is 4.14. The first-order valence-corrected chi connectivity index (χ1v) is 11.4. The van der Waals surface area contributed by atoms with Crippen molar-refractivity contribution < 1.29 is 5.11 Å². The number of aromatic hydroxyl groups is 1. The second-order valence-corrected chi connectivity index (χ2v) is 9.08. The number of nitrogens with one attached hydrogen (secondary N) is 1. The number of benzene rings is 2. The Morgan fingerprint density at radius 3 is 2.32 bits per heavy atom. The lowest BCUT2D eigenvalue weighted by Crippen LogP contribution is -2.31. The zero-order valence-corrected chi connectivity index (χ0v) is 21.1. The van der Waals surface area contributed by atoms with Crippen molar-refractivity contribution in [2.75, 3.05) is 0 Å². The van der Waals surface area contributed by atoms with E-state index in [1.165, 1.54) is 11.8 Å². The van der Waals surface area contributed by atoms with Crippen LogP contribution in [0.3, 0.4) is 0 Å². The summed E-state index contributed by atoms with van der Waals surface area (Å²) >= 11 is 3.42. The molecule has 2 heterocycles. The monoisotopic (exact) mass is 521 g/mol. The van der Waals surface area contributed by atoms with Gasteiger partial charge in [0, 0.05) is 10.7 Å². The summed E-state index contributed by atoms with van der Waals surface area (Å²) in [4.78, 5) is 31.7. The Bertz CT molecular complexity index is 1580. The highest BCUT2D eigenvalue weighted by molar-refractivity contribution is 9.10. The molecule has 0 aliphatic carbocycles. The quantitative estimate of drug-likeness (QED) is 0.386. The Labute approximate surface area is 204 Å². The van der Waals surface area contributed by atoms with Crippen molar-refractivity contribution in [3.8, 4) is 17.3 Å². The van der Waals surface area contributed by atoms with Crippen molar-refractivity contribution in [3.05, 3.63) is 95.4 Å². The fourth-order valence-electron chi connectivity index (χ4n) is 3.72. The first-order chi connectivity index (χ1) is 16.1. The number of hydrogen-bond donors (Lipinski definition) is 2. The number of aromatic amines is 1. The zero-order chi connectivity index (χ0) is 24.7. The molecule has 0 fully saturated rings. The van der Waals surface area contributed by atoms with Gasteiger partial charge in [0.15, 0.2) is 0 Å². The fourth-order valence-corrected chi connectivity index (χ4v) is 3.97. The Hall–Kier alpha value is -3.72. The molecule has 4 aromatic rings. The highest BCUT2D eigenvalue weighted by Crippen LogP contribution is 2.27. The van der Waals surface area contributed by atoms with Gasteiger partial charge in [-0.1, -0.05) is 22.0 Å². The van der Waals surface area contributed by atoms with E-state index in [2.05, 4.69) is 44.0 Å². The van der Waals surface area contributed by atoms with Gasteiger partial charge in [0.25, 0.3) is 5.56 Å². The Morgan fingerprint density at radius 1 is 0.971 bits per heavy atom. The number of aromatic nitrogens is 4. The van der Waals surface area contributed by atoms with Crippen LogP contribution in [0.4, 0.5) is 5.69 Å². The SMILES string of the molecule is Cc1ccc(-n2nc(C)c(N=Cc3c(O)n(-c4ccc(Br)c(C)c4)c(=O)[nH]c3=O)c2C)cc1C. The van der Waals surface area contributed by atoms with Crippen molar-refractivity contribution in [1.82, 2.24) is 19.3 Å². The van der Waals surface area contributed by atoms with Crippen molar-refractivity contribution in [2.24, 2.45) is 4.99 Å². The van der Waals surface area contributed by atoms with Crippen LogP contribution >= 0.6 is 15.9 Å². The summed E-state index contributed by atoms with van der Waals surface area (Å²) in [7, 11) is 0. The standard InChI is InChI=1S/C25H24BrN5O3/c1-13-6-7-19(10-14(13)2)31-17(5)22(16(4)29-31)27-12-20-23(32)28-25(34)30(24(20)33)18-8-9-21(26)15(3)11-18/h6-12,33H,1-5H3,(H,28,32,34). The summed E-state index contributed by atoms with van der Waals surface area (Å²) in [6.45, 7) is 9.67. The molecule has 174 valence electrons. The molecule has 2 N–H and O–H groups in total. The maximum Gasteiger partial charge on any atom is 0.335 e. The summed E-state index contributed by atoms with van der Waals surface area (Å²) in [5.74, 6) is -0.490. The van der Waals surface area contributed by atoms with Crippen LogP contribution in [0.15, 0.2) is 55.5 Å². The molecule has 0 amide bonds. The number of rotatable bonds is 4. The molecule has 4 rings (SSSR count). The number of aryl methyl sites for hydroxylation is 4. The molecular weight excluding hydrogens is 498 g/mol. The number of nitrogens with zero attached hydrogens (tertiary/aromatic N) is 4.